The van der Waals surface area contributed by atoms with Gasteiger partial charge in [-0.25, -0.2) is 0 Å². The molecule has 0 unspecified atom stereocenters. The number of benzene rings is 2. The van der Waals surface area contributed by atoms with Gasteiger partial charge in [0.15, 0.2) is 0 Å². The monoisotopic (exact) mass is 324 g/mol. The van der Waals surface area contributed by atoms with Crippen molar-refractivity contribution in [1.29, 1.82) is 0 Å². The van der Waals surface area contributed by atoms with Gasteiger partial charge < -0.3 is 14.0 Å². The number of hydrogen-bond acceptors (Lipinski definition) is 3. The average Bonchev–Trinajstić information content (AvgIpc) is 2.74. The Hall–Kier alpha value is -1.78. The molecule has 4 heteroatoms. The largest absolute Gasteiger partial charge is 0.494 e. The molecule has 0 atom stereocenters. The van der Waals surface area contributed by atoms with Crippen LogP contribution < -0.4 is 10.2 Å². The highest BCUT2D eigenvalue weighted by molar-refractivity contribution is 6.62. The van der Waals surface area contributed by atoms with Crippen LogP contribution in [0.1, 0.15) is 38.8 Å². The first-order chi connectivity index (χ1) is 11.3. The smallest absolute Gasteiger partial charge is 0.489 e. The maximum absolute atomic E-state index is 6.08. The Kier molecular flexibility index (Phi) is 4.45. The Morgan fingerprint density at radius 1 is 0.917 bits per heavy atom. The zero-order valence-electron chi connectivity index (χ0n) is 15.1. The van der Waals surface area contributed by atoms with Crippen molar-refractivity contribution in [3.8, 4) is 5.75 Å². The normalized spacial score (nSPS) is 18.6. The molecule has 24 heavy (non-hydrogen) atoms. The predicted octanol–water partition coefficient (Wildman–Crippen LogP) is 3.87. The van der Waals surface area contributed by atoms with Gasteiger partial charge in [-0.1, -0.05) is 36.4 Å². The van der Waals surface area contributed by atoms with Gasteiger partial charge in [0.25, 0.3) is 0 Å². The predicted molar refractivity (Wildman–Crippen MR) is 97.7 cm³/mol. The van der Waals surface area contributed by atoms with Gasteiger partial charge in [-0.2, -0.15) is 0 Å². The second-order valence-electron chi connectivity index (χ2n) is 7.44. The maximum atomic E-state index is 6.08. The molecule has 1 fully saturated rings. The summed E-state index contributed by atoms with van der Waals surface area (Å²) in [7, 11) is -0.318. The van der Waals surface area contributed by atoms with Crippen molar-refractivity contribution in [1.82, 2.24) is 0 Å². The molecule has 0 aromatic heterocycles. The molecule has 0 amide bonds. The van der Waals surface area contributed by atoms with Crippen molar-refractivity contribution < 1.29 is 14.0 Å². The van der Waals surface area contributed by atoms with E-state index in [0.717, 1.165) is 16.8 Å². The van der Waals surface area contributed by atoms with Crippen LogP contribution in [0, 0.1) is 6.92 Å². The second-order valence-corrected chi connectivity index (χ2v) is 7.44. The van der Waals surface area contributed by atoms with E-state index in [0.29, 0.717) is 6.61 Å². The molecule has 0 radical (unpaired) electrons. The first kappa shape index (κ1) is 17.1. The molecule has 0 N–H and O–H groups in total. The topological polar surface area (TPSA) is 27.7 Å². The number of rotatable bonds is 4. The maximum Gasteiger partial charge on any atom is 0.494 e. The zero-order chi connectivity index (χ0) is 17.4. The van der Waals surface area contributed by atoms with E-state index in [1.807, 2.05) is 18.2 Å². The van der Waals surface area contributed by atoms with Crippen molar-refractivity contribution in [2.24, 2.45) is 0 Å². The highest BCUT2D eigenvalue weighted by atomic mass is 16.7. The summed E-state index contributed by atoms with van der Waals surface area (Å²) < 4.78 is 18.0. The van der Waals surface area contributed by atoms with Gasteiger partial charge in [-0.3, -0.25) is 0 Å². The summed E-state index contributed by atoms with van der Waals surface area (Å²) in [6.07, 6.45) is 0. The number of hydrogen-bond donors (Lipinski definition) is 0. The molecule has 0 saturated carbocycles. The van der Waals surface area contributed by atoms with Gasteiger partial charge in [0.05, 0.1) is 11.2 Å². The SMILES string of the molecule is Cc1cccc(OCc2ccc(B3OC(C)(C)C(C)(C)O3)cc2)c1. The van der Waals surface area contributed by atoms with E-state index in [4.69, 9.17) is 14.0 Å². The van der Waals surface area contributed by atoms with Crippen LogP contribution in [0.5, 0.6) is 5.75 Å². The molecule has 0 aliphatic carbocycles. The molecule has 1 saturated heterocycles. The van der Waals surface area contributed by atoms with E-state index < -0.39 is 0 Å². The molecular formula is C20H25BO3. The van der Waals surface area contributed by atoms with Crippen molar-refractivity contribution in [2.75, 3.05) is 0 Å². The molecular weight excluding hydrogens is 299 g/mol. The van der Waals surface area contributed by atoms with E-state index >= 15 is 0 Å². The standard InChI is InChI=1S/C20H25BO3/c1-15-7-6-8-18(13-15)22-14-16-9-11-17(12-10-16)21-23-19(2,3)20(4,5)24-21/h6-13H,14H2,1-5H3. The Balaban J connectivity index is 1.64. The summed E-state index contributed by atoms with van der Waals surface area (Å²) >= 11 is 0. The molecule has 3 rings (SSSR count). The summed E-state index contributed by atoms with van der Waals surface area (Å²) in [4.78, 5) is 0. The molecule has 1 aliphatic rings. The Morgan fingerprint density at radius 3 is 2.12 bits per heavy atom. The fourth-order valence-corrected chi connectivity index (χ4v) is 2.62. The van der Waals surface area contributed by atoms with Crippen molar-refractivity contribution in [2.45, 2.75) is 52.4 Å². The first-order valence-corrected chi connectivity index (χ1v) is 8.41. The van der Waals surface area contributed by atoms with Crippen LogP contribution in [0.2, 0.25) is 0 Å². The van der Waals surface area contributed by atoms with Crippen LogP contribution in [0.3, 0.4) is 0 Å². The van der Waals surface area contributed by atoms with Crippen LogP contribution in [0.25, 0.3) is 0 Å². The molecule has 2 aromatic carbocycles. The van der Waals surface area contributed by atoms with Gasteiger partial charge in [-0.05, 0) is 63.3 Å². The van der Waals surface area contributed by atoms with Crippen molar-refractivity contribution in [3.05, 3.63) is 59.7 Å². The Labute approximate surface area is 145 Å². The van der Waals surface area contributed by atoms with Crippen LogP contribution in [0.15, 0.2) is 48.5 Å². The van der Waals surface area contributed by atoms with Gasteiger partial charge in [0.2, 0.25) is 0 Å². The van der Waals surface area contributed by atoms with Gasteiger partial charge in [-0.15, -0.1) is 0 Å². The minimum Gasteiger partial charge on any atom is -0.489 e. The lowest BCUT2D eigenvalue weighted by atomic mass is 9.79. The summed E-state index contributed by atoms with van der Waals surface area (Å²) in [6.45, 7) is 10.9. The molecule has 0 spiro atoms. The zero-order valence-corrected chi connectivity index (χ0v) is 15.1. The third-order valence-electron chi connectivity index (χ3n) is 4.90. The molecule has 0 bridgehead atoms. The first-order valence-electron chi connectivity index (χ1n) is 8.41. The lowest BCUT2D eigenvalue weighted by molar-refractivity contribution is 0.00578. The third kappa shape index (κ3) is 3.50. The lowest BCUT2D eigenvalue weighted by Gasteiger charge is -2.32. The Morgan fingerprint density at radius 2 is 1.54 bits per heavy atom. The van der Waals surface area contributed by atoms with Gasteiger partial charge in [0, 0.05) is 0 Å². The van der Waals surface area contributed by atoms with E-state index in [1.165, 1.54) is 5.56 Å². The minimum absolute atomic E-state index is 0.315. The molecule has 3 nitrogen and oxygen atoms in total. The summed E-state index contributed by atoms with van der Waals surface area (Å²) in [5.41, 5.74) is 2.73. The summed E-state index contributed by atoms with van der Waals surface area (Å²) in [6, 6.07) is 16.3. The van der Waals surface area contributed by atoms with Crippen LogP contribution in [-0.2, 0) is 15.9 Å². The number of ether oxygens (including phenoxy) is 1. The molecule has 1 aliphatic heterocycles. The van der Waals surface area contributed by atoms with Gasteiger partial charge >= 0.3 is 7.12 Å². The van der Waals surface area contributed by atoms with Crippen molar-refractivity contribution >= 4 is 12.6 Å². The van der Waals surface area contributed by atoms with E-state index in [-0.39, 0.29) is 18.3 Å². The van der Waals surface area contributed by atoms with Crippen LogP contribution in [0.4, 0.5) is 0 Å². The highest BCUT2D eigenvalue weighted by Gasteiger charge is 2.51. The van der Waals surface area contributed by atoms with E-state index in [9.17, 15) is 0 Å². The number of aryl methyl sites for hydroxylation is 1. The third-order valence-corrected chi connectivity index (χ3v) is 4.90. The summed E-state index contributed by atoms with van der Waals surface area (Å²) in [5, 5.41) is 0. The van der Waals surface area contributed by atoms with E-state index in [2.05, 4.69) is 65.0 Å². The molecule has 2 aromatic rings. The van der Waals surface area contributed by atoms with Crippen molar-refractivity contribution in [3.63, 3.8) is 0 Å². The van der Waals surface area contributed by atoms with Crippen LogP contribution >= 0.6 is 0 Å². The minimum atomic E-state index is -0.318. The lowest BCUT2D eigenvalue weighted by Crippen LogP contribution is -2.41. The van der Waals surface area contributed by atoms with Crippen LogP contribution in [-0.4, -0.2) is 18.3 Å². The highest BCUT2D eigenvalue weighted by Crippen LogP contribution is 2.36. The second kappa shape index (κ2) is 6.27. The van der Waals surface area contributed by atoms with E-state index in [1.54, 1.807) is 0 Å². The Bertz CT molecular complexity index is 691. The quantitative estimate of drug-likeness (QED) is 0.799. The summed E-state index contributed by atoms with van der Waals surface area (Å²) in [5.74, 6) is 0.894. The van der Waals surface area contributed by atoms with Gasteiger partial charge in [0.1, 0.15) is 12.4 Å². The average molecular weight is 324 g/mol. The fraction of sp³-hybridized carbons (Fsp3) is 0.400. The molecule has 1 heterocycles. The molecule has 126 valence electrons. The fourth-order valence-electron chi connectivity index (χ4n) is 2.62.